The third-order valence-corrected chi connectivity index (χ3v) is 7.22. The van der Waals surface area contributed by atoms with Gasteiger partial charge in [0.1, 0.15) is 15.1 Å². The summed E-state index contributed by atoms with van der Waals surface area (Å²) in [5, 5.41) is 3.21. The van der Waals surface area contributed by atoms with Crippen molar-refractivity contribution in [1.82, 2.24) is 19.2 Å². The standard InChI is InChI=1S/C12H14Cl2N4O2S2/c1-17-4-3-16-12(17)8-7-15-2-5-18(8)22(19,20)9-6-10(13)21-11(9)14/h3-4,6,8,15H,2,5,7H2,1H3. The first kappa shape index (κ1) is 16.2. The molecule has 6 nitrogen and oxygen atoms in total. The molecule has 1 saturated heterocycles. The first-order valence-corrected chi connectivity index (χ1v) is 9.57. The predicted molar refractivity (Wildman–Crippen MR) is 87.0 cm³/mol. The molecule has 2 aromatic rings. The van der Waals surface area contributed by atoms with Gasteiger partial charge in [-0.15, -0.1) is 11.3 Å². The molecule has 0 aliphatic carbocycles. The van der Waals surface area contributed by atoms with E-state index in [0.717, 1.165) is 11.3 Å². The van der Waals surface area contributed by atoms with Crippen LogP contribution in [0.25, 0.3) is 0 Å². The van der Waals surface area contributed by atoms with E-state index in [2.05, 4.69) is 10.3 Å². The van der Waals surface area contributed by atoms with E-state index in [0.29, 0.717) is 29.8 Å². The predicted octanol–water partition coefficient (Wildman–Crippen LogP) is 2.12. The number of hydrogen-bond acceptors (Lipinski definition) is 5. The zero-order valence-corrected chi connectivity index (χ0v) is 14.8. The molecule has 120 valence electrons. The highest BCUT2D eigenvalue weighted by molar-refractivity contribution is 7.89. The topological polar surface area (TPSA) is 67.2 Å². The van der Waals surface area contributed by atoms with Crippen LogP contribution in [-0.2, 0) is 17.1 Å². The number of nitrogens with zero attached hydrogens (tertiary/aromatic N) is 3. The summed E-state index contributed by atoms with van der Waals surface area (Å²) in [5.74, 6) is 0.688. The molecule has 1 N–H and O–H groups in total. The first-order chi connectivity index (χ1) is 10.4. The van der Waals surface area contributed by atoms with Gasteiger partial charge in [-0.3, -0.25) is 0 Å². The van der Waals surface area contributed by atoms with Gasteiger partial charge in [-0.1, -0.05) is 23.2 Å². The second-order valence-corrected chi connectivity index (χ2v) is 9.07. The molecule has 3 heterocycles. The summed E-state index contributed by atoms with van der Waals surface area (Å²) in [6.07, 6.45) is 3.45. The Bertz CT molecular complexity index is 787. The van der Waals surface area contributed by atoms with Gasteiger partial charge in [0.05, 0.1) is 10.4 Å². The Morgan fingerprint density at radius 1 is 1.45 bits per heavy atom. The fourth-order valence-electron chi connectivity index (χ4n) is 2.52. The van der Waals surface area contributed by atoms with Gasteiger partial charge in [0, 0.05) is 39.1 Å². The highest BCUT2D eigenvalue weighted by Gasteiger charge is 2.38. The van der Waals surface area contributed by atoms with E-state index in [1.54, 1.807) is 12.4 Å². The van der Waals surface area contributed by atoms with Gasteiger partial charge >= 0.3 is 0 Å². The van der Waals surface area contributed by atoms with Crippen molar-refractivity contribution in [2.45, 2.75) is 10.9 Å². The van der Waals surface area contributed by atoms with Gasteiger partial charge in [0.2, 0.25) is 10.0 Å². The molecule has 0 radical (unpaired) electrons. The number of aryl methyl sites for hydroxylation is 1. The maximum Gasteiger partial charge on any atom is 0.246 e. The zero-order valence-electron chi connectivity index (χ0n) is 11.7. The van der Waals surface area contributed by atoms with E-state index in [1.807, 2.05) is 11.6 Å². The number of imidazole rings is 1. The largest absolute Gasteiger partial charge is 0.337 e. The normalized spacial score (nSPS) is 20.4. The molecule has 2 aromatic heterocycles. The second kappa shape index (κ2) is 6.10. The number of piperazine rings is 1. The third kappa shape index (κ3) is 2.79. The summed E-state index contributed by atoms with van der Waals surface area (Å²) in [7, 11) is -1.89. The van der Waals surface area contributed by atoms with E-state index >= 15 is 0 Å². The van der Waals surface area contributed by atoms with Crippen LogP contribution in [0.1, 0.15) is 11.9 Å². The van der Waals surface area contributed by atoms with Crippen molar-refractivity contribution >= 4 is 44.6 Å². The minimum Gasteiger partial charge on any atom is -0.337 e. The lowest BCUT2D eigenvalue weighted by Crippen LogP contribution is -2.49. The summed E-state index contributed by atoms with van der Waals surface area (Å²) in [4.78, 5) is 4.35. The average molecular weight is 381 g/mol. The highest BCUT2D eigenvalue weighted by Crippen LogP contribution is 2.38. The first-order valence-electron chi connectivity index (χ1n) is 6.56. The number of thiophene rings is 1. The Hall–Kier alpha value is -0.640. The summed E-state index contributed by atoms with van der Waals surface area (Å²) in [6, 6.07) is 1.02. The van der Waals surface area contributed by atoms with Crippen molar-refractivity contribution < 1.29 is 8.42 Å². The van der Waals surface area contributed by atoms with Gasteiger partial charge < -0.3 is 9.88 Å². The Labute approximate surface area is 142 Å². The zero-order chi connectivity index (χ0) is 15.9. The van der Waals surface area contributed by atoms with E-state index < -0.39 is 10.0 Å². The molecule has 1 atom stereocenters. The van der Waals surface area contributed by atoms with Crippen molar-refractivity contribution in [2.75, 3.05) is 19.6 Å². The van der Waals surface area contributed by atoms with Crippen LogP contribution in [0.5, 0.6) is 0 Å². The third-order valence-electron chi connectivity index (χ3n) is 3.56. The quantitative estimate of drug-likeness (QED) is 0.885. The van der Waals surface area contributed by atoms with Crippen LogP contribution in [0.15, 0.2) is 23.4 Å². The van der Waals surface area contributed by atoms with Crippen molar-refractivity contribution in [3.8, 4) is 0 Å². The van der Waals surface area contributed by atoms with Gasteiger partial charge in [0.15, 0.2) is 0 Å². The molecule has 0 spiro atoms. The summed E-state index contributed by atoms with van der Waals surface area (Å²) in [5.41, 5.74) is 0. The van der Waals surface area contributed by atoms with Crippen LogP contribution < -0.4 is 5.32 Å². The number of nitrogens with one attached hydrogen (secondary N) is 1. The molecule has 0 amide bonds. The number of rotatable bonds is 3. The lowest BCUT2D eigenvalue weighted by Gasteiger charge is -2.34. The second-order valence-electron chi connectivity index (χ2n) is 4.92. The fourth-order valence-corrected chi connectivity index (χ4v) is 6.22. The number of aromatic nitrogens is 2. The van der Waals surface area contributed by atoms with Crippen molar-refractivity contribution in [1.29, 1.82) is 0 Å². The van der Waals surface area contributed by atoms with E-state index in [4.69, 9.17) is 23.2 Å². The number of halogens is 2. The SMILES string of the molecule is Cn1ccnc1C1CNCCN1S(=O)(=O)c1cc(Cl)sc1Cl. The molecular weight excluding hydrogens is 367 g/mol. The highest BCUT2D eigenvalue weighted by atomic mass is 35.5. The summed E-state index contributed by atoms with van der Waals surface area (Å²) >= 11 is 13.0. The Kier molecular flexibility index (Phi) is 4.50. The molecule has 1 aliphatic heterocycles. The molecule has 0 saturated carbocycles. The minimum absolute atomic E-state index is 0.0604. The number of sulfonamides is 1. The van der Waals surface area contributed by atoms with Crippen LogP contribution in [0, 0.1) is 0 Å². The van der Waals surface area contributed by atoms with E-state index in [1.165, 1.54) is 10.4 Å². The molecule has 1 unspecified atom stereocenters. The van der Waals surface area contributed by atoms with Crippen LogP contribution in [0.4, 0.5) is 0 Å². The summed E-state index contributed by atoms with van der Waals surface area (Å²) in [6.45, 7) is 1.43. The molecule has 1 aliphatic rings. The van der Waals surface area contributed by atoms with E-state index in [-0.39, 0.29) is 15.3 Å². The molecule has 0 aromatic carbocycles. The van der Waals surface area contributed by atoms with Crippen LogP contribution in [0.3, 0.4) is 0 Å². The van der Waals surface area contributed by atoms with Gasteiger partial charge in [-0.05, 0) is 6.07 Å². The molecular formula is C12H14Cl2N4O2S2. The van der Waals surface area contributed by atoms with Gasteiger partial charge in [-0.25, -0.2) is 13.4 Å². The van der Waals surface area contributed by atoms with E-state index in [9.17, 15) is 8.42 Å². The molecule has 1 fully saturated rings. The Morgan fingerprint density at radius 2 is 2.23 bits per heavy atom. The van der Waals surface area contributed by atoms with Crippen LogP contribution >= 0.6 is 34.5 Å². The van der Waals surface area contributed by atoms with Crippen molar-refractivity contribution in [3.05, 3.63) is 33.0 Å². The van der Waals surface area contributed by atoms with Crippen LogP contribution in [-0.4, -0.2) is 41.9 Å². The maximum atomic E-state index is 13.0. The molecule has 22 heavy (non-hydrogen) atoms. The smallest absolute Gasteiger partial charge is 0.246 e. The molecule has 3 rings (SSSR count). The number of hydrogen-bond donors (Lipinski definition) is 1. The Morgan fingerprint density at radius 3 is 2.82 bits per heavy atom. The monoisotopic (exact) mass is 380 g/mol. The average Bonchev–Trinajstić information content (AvgIpc) is 3.04. The maximum absolute atomic E-state index is 13.0. The van der Waals surface area contributed by atoms with Crippen molar-refractivity contribution in [3.63, 3.8) is 0 Å². The lowest BCUT2D eigenvalue weighted by molar-refractivity contribution is 0.258. The summed E-state index contributed by atoms with van der Waals surface area (Å²) < 4.78 is 29.7. The Balaban J connectivity index is 2.04. The van der Waals surface area contributed by atoms with Gasteiger partial charge in [-0.2, -0.15) is 4.31 Å². The molecule has 10 heteroatoms. The van der Waals surface area contributed by atoms with Gasteiger partial charge in [0.25, 0.3) is 0 Å². The molecule has 0 bridgehead atoms. The van der Waals surface area contributed by atoms with Crippen molar-refractivity contribution in [2.24, 2.45) is 7.05 Å². The fraction of sp³-hybridized carbons (Fsp3) is 0.417. The minimum atomic E-state index is -3.73. The van der Waals surface area contributed by atoms with Crippen LogP contribution in [0.2, 0.25) is 8.67 Å². The lowest BCUT2D eigenvalue weighted by atomic mass is 10.2.